The van der Waals surface area contributed by atoms with E-state index in [0.29, 0.717) is 27.4 Å². The highest BCUT2D eigenvalue weighted by Gasteiger charge is 2.36. The van der Waals surface area contributed by atoms with Crippen molar-refractivity contribution in [2.45, 2.75) is 6.92 Å². The van der Waals surface area contributed by atoms with E-state index in [0.717, 1.165) is 4.90 Å². The maximum absolute atomic E-state index is 12.6. The average molecular weight is 390 g/mol. The number of anilines is 1. The molecule has 0 fully saturated rings. The Labute approximate surface area is 159 Å². The van der Waals surface area contributed by atoms with E-state index < -0.39 is 17.8 Å². The fourth-order valence-electron chi connectivity index (χ4n) is 2.60. The number of esters is 1. The van der Waals surface area contributed by atoms with Crippen LogP contribution in [0.1, 0.15) is 33.2 Å². The molecule has 0 bridgehead atoms. The van der Waals surface area contributed by atoms with Gasteiger partial charge in [-0.15, -0.1) is 0 Å². The predicted molar refractivity (Wildman–Crippen MR) is 99.5 cm³/mol. The number of carbonyl (C=O) groups excluding carboxylic acids is 3. The lowest BCUT2D eigenvalue weighted by atomic mass is 10.1. The molecule has 2 aromatic rings. The Morgan fingerprint density at radius 2 is 1.73 bits per heavy atom. The SMILES string of the molecule is CCOC(=O)/C(Cl)=C/c1cc(N2C(=O)c3ccccc3C2=O)ccc1Cl. The molecule has 0 saturated carbocycles. The zero-order valence-corrected chi connectivity index (χ0v) is 15.2. The van der Waals surface area contributed by atoms with Crippen LogP contribution in [0.5, 0.6) is 0 Å². The summed E-state index contributed by atoms with van der Waals surface area (Å²) >= 11 is 12.1. The third kappa shape index (κ3) is 3.23. The van der Waals surface area contributed by atoms with Gasteiger partial charge in [0.2, 0.25) is 0 Å². The third-order valence-electron chi connectivity index (χ3n) is 3.78. The number of amides is 2. The summed E-state index contributed by atoms with van der Waals surface area (Å²) < 4.78 is 4.82. The Hall–Kier alpha value is -2.63. The largest absolute Gasteiger partial charge is 0.462 e. The second-order valence-electron chi connectivity index (χ2n) is 5.41. The number of nitrogens with zero attached hydrogens (tertiary/aromatic N) is 1. The molecule has 5 nitrogen and oxygen atoms in total. The molecule has 1 aliphatic rings. The molecular weight excluding hydrogens is 377 g/mol. The molecule has 26 heavy (non-hydrogen) atoms. The molecule has 7 heteroatoms. The lowest BCUT2D eigenvalue weighted by molar-refractivity contribution is -0.137. The van der Waals surface area contributed by atoms with Crippen LogP contribution in [0.3, 0.4) is 0 Å². The van der Waals surface area contributed by atoms with Crippen molar-refractivity contribution in [2.75, 3.05) is 11.5 Å². The van der Waals surface area contributed by atoms with Gasteiger partial charge in [-0.1, -0.05) is 35.3 Å². The third-order valence-corrected chi connectivity index (χ3v) is 4.39. The van der Waals surface area contributed by atoms with Crippen molar-refractivity contribution in [2.24, 2.45) is 0 Å². The summed E-state index contributed by atoms with van der Waals surface area (Å²) in [4.78, 5) is 37.9. The summed E-state index contributed by atoms with van der Waals surface area (Å²) in [5.74, 6) is -1.52. The number of imide groups is 1. The second kappa shape index (κ2) is 7.32. The summed E-state index contributed by atoms with van der Waals surface area (Å²) in [6.45, 7) is 1.85. The summed E-state index contributed by atoms with van der Waals surface area (Å²) in [6.07, 6.45) is 1.34. The lowest BCUT2D eigenvalue weighted by Gasteiger charge is -2.15. The van der Waals surface area contributed by atoms with Crippen LogP contribution in [0.4, 0.5) is 5.69 Å². The van der Waals surface area contributed by atoms with Gasteiger partial charge in [-0.3, -0.25) is 9.59 Å². The van der Waals surface area contributed by atoms with E-state index in [1.807, 2.05) is 0 Å². The van der Waals surface area contributed by atoms with Crippen LogP contribution >= 0.6 is 23.2 Å². The number of benzene rings is 2. The van der Waals surface area contributed by atoms with Crippen LogP contribution in [0.15, 0.2) is 47.5 Å². The highest BCUT2D eigenvalue weighted by molar-refractivity contribution is 6.43. The summed E-state index contributed by atoms with van der Waals surface area (Å²) in [7, 11) is 0. The van der Waals surface area contributed by atoms with E-state index in [4.69, 9.17) is 27.9 Å². The van der Waals surface area contributed by atoms with Crippen molar-refractivity contribution in [3.8, 4) is 0 Å². The van der Waals surface area contributed by atoms with Crippen molar-refractivity contribution < 1.29 is 19.1 Å². The topological polar surface area (TPSA) is 63.7 Å². The fourth-order valence-corrected chi connectivity index (χ4v) is 2.94. The Kier molecular flexibility index (Phi) is 5.11. The van der Waals surface area contributed by atoms with E-state index in [2.05, 4.69) is 0 Å². The van der Waals surface area contributed by atoms with Gasteiger partial charge < -0.3 is 4.74 Å². The second-order valence-corrected chi connectivity index (χ2v) is 6.22. The minimum atomic E-state index is -0.684. The van der Waals surface area contributed by atoms with E-state index in [1.54, 1.807) is 37.3 Å². The van der Waals surface area contributed by atoms with Gasteiger partial charge in [-0.25, -0.2) is 9.69 Å². The van der Waals surface area contributed by atoms with Gasteiger partial charge in [0, 0.05) is 5.02 Å². The first-order chi connectivity index (χ1) is 12.4. The Balaban J connectivity index is 1.99. The van der Waals surface area contributed by atoms with E-state index >= 15 is 0 Å². The minimum Gasteiger partial charge on any atom is -0.462 e. The summed E-state index contributed by atoms with van der Waals surface area (Å²) in [5.41, 5.74) is 1.40. The van der Waals surface area contributed by atoms with Crippen molar-refractivity contribution in [1.82, 2.24) is 0 Å². The zero-order valence-electron chi connectivity index (χ0n) is 13.7. The van der Waals surface area contributed by atoms with E-state index in [1.165, 1.54) is 18.2 Å². The molecule has 0 atom stereocenters. The molecule has 132 valence electrons. The molecule has 2 aromatic carbocycles. The van der Waals surface area contributed by atoms with Crippen LogP contribution in [0.2, 0.25) is 5.02 Å². The molecular formula is C19H13Cl2NO4. The normalized spacial score (nSPS) is 13.8. The highest BCUT2D eigenvalue weighted by Crippen LogP contribution is 2.32. The van der Waals surface area contributed by atoms with Crippen LogP contribution in [0.25, 0.3) is 6.08 Å². The Morgan fingerprint density at radius 3 is 2.31 bits per heavy atom. The Morgan fingerprint density at radius 1 is 1.12 bits per heavy atom. The van der Waals surface area contributed by atoms with Crippen molar-refractivity contribution in [3.63, 3.8) is 0 Å². The van der Waals surface area contributed by atoms with E-state index in [-0.39, 0.29) is 11.6 Å². The van der Waals surface area contributed by atoms with Gasteiger partial charge in [0.15, 0.2) is 0 Å². The number of fused-ring (bicyclic) bond motifs is 1. The van der Waals surface area contributed by atoms with E-state index in [9.17, 15) is 14.4 Å². The van der Waals surface area contributed by atoms with Gasteiger partial charge in [0.1, 0.15) is 5.03 Å². The number of halogens is 2. The maximum Gasteiger partial charge on any atom is 0.349 e. The van der Waals surface area contributed by atoms with Crippen LogP contribution < -0.4 is 4.90 Å². The van der Waals surface area contributed by atoms with Gasteiger partial charge in [0.05, 0.1) is 23.4 Å². The zero-order chi connectivity index (χ0) is 18.8. The molecule has 0 aliphatic carbocycles. The predicted octanol–water partition coefficient (Wildman–Crippen LogP) is 4.28. The summed E-state index contributed by atoms with van der Waals surface area (Å²) in [5, 5.41) is 0.154. The minimum absolute atomic E-state index is 0.159. The Bertz CT molecular complexity index is 917. The first kappa shape index (κ1) is 18.2. The van der Waals surface area contributed by atoms with Crippen molar-refractivity contribution in [1.29, 1.82) is 0 Å². The molecule has 0 unspecified atom stereocenters. The summed E-state index contributed by atoms with van der Waals surface area (Å²) in [6, 6.07) is 11.2. The van der Waals surface area contributed by atoms with Crippen LogP contribution in [-0.2, 0) is 9.53 Å². The fraction of sp³-hybridized carbons (Fsp3) is 0.105. The van der Waals surface area contributed by atoms with Crippen LogP contribution in [-0.4, -0.2) is 24.4 Å². The molecule has 3 rings (SSSR count). The monoisotopic (exact) mass is 389 g/mol. The molecule has 0 spiro atoms. The first-order valence-corrected chi connectivity index (χ1v) is 8.51. The average Bonchev–Trinajstić information content (AvgIpc) is 2.88. The van der Waals surface area contributed by atoms with Gasteiger partial charge in [-0.05, 0) is 48.9 Å². The van der Waals surface area contributed by atoms with Gasteiger partial charge in [-0.2, -0.15) is 0 Å². The molecule has 0 aromatic heterocycles. The smallest absolute Gasteiger partial charge is 0.349 e. The molecule has 1 aliphatic heterocycles. The lowest BCUT2D eigenvalue weighted by Crippen LogP contribution is -2.29. The first-order valence-electron chi connectivity index (χ1n) is 7.75. The molecule has 1 heterocycles. The quantitative estimate of drug-likeness (QED) is 0.444. The number of ether oxygens (including phenoxy) is 1. The number of rotatable bonds is 4. The molecule has 0 N–H and O–H groups in total. The van der Waals surface area contributed by atoms with Crippen molar-refractivity contribution >= 4 is 52.7 Å². The van der Waals surface area contributed by atoms with Crippen molar-refractivity contribution in [3.05, 3.63) is 69.2 Å². The van der Waals surface area contributed by atoms with Crippen LogP contribution in [0, 0.1) is 0 Å². The van der Waals surface area contributed by atoms with Gasteiger partial charge in [0.25, 0.3) is 11.8 Å². The highest BCUT2D eigenvalue weighted by atomic mass is 35.5. The molecule has 0 radical (unpaired) electrons. The molecule has 2 amide bonds. The maximum atomic E-state index is 12.6. The number of carbonyl (C=O) groups is 3. The number of hydrogen-bond donors (Lipinski definition) is 0. The van der Waals surface area contributed by atoms with Gasteiger partial charge >= 0.3 is 5.97 Å². The molecule has 0 saturated heterocycles. The standard InChI is InChI=1S/C19H13Cl2NO4/c1-2-26-19(25)16(21)10-11-9-12(7-8-15(11)20)22-17(23)13-5-3-4-6-14(13)18(22)24/h3-10H,2H2,1H3/b16-10-. The number of hydrogen-bond acceptors (Lipinski definition) is 4.